The van der Waals surface area contributed by atoms with E-state index in [4.69, 9.17) is 0 Å². The Kier molecular flexibility index (Phi) is 2.88. The van der Waals surface area contributed by atoms with Crippen LogP contribution in [0.2, 0.25) is 0 Å². The predicted molar refractivity (Wildman–Crippen MR) is 69.2 cm³/mol. The van der Waals surface area contributed by atoms with Gasteiger partial charge in [-0.3, -0.25) is 4.79 Å². The largest absolute Gasteiger partial charge is 0.481 e. The van der Waals surface area contributed by atoms with Crippen molar-refractivity contribution in [3.05, 3.63) is 48.0 Å². The van der Waals surface area contributed by atoms with Gasteiger partial charge >= 0.3 is 5.97 Å². The van der Waals surface area contributed by atoms with E-state index in [2.05, 4.69) is 0 Å². The number of fused-ring (bicyclic) bond motifs is 1. The average molecular weight is 228 g/mol. The van der Waals surface area contributed by atoms with Crippen molar-refractivity contribution in [2.75, 3.05) is 0 Å². The van der Waals surface area contributed by atoms with E-state index in [-0.39, 0.29) is 0 Å². The van der Waals surface area contributed by atoms with E-state index in [9.17, 15) is 9.90 Å². The molecule has 0 saturated carbocycles. The topological polar surface area (TPSA) is 37.3 Å². The zero-order valence-corrected chi connectivity index (χ0v) is 10.1. The van der Waals surface area contributed by atoms with Crippen molar-refractivity contribution in [1.29, 1.82) is 0 Å². The Bertz CT molecular complexity index is 554. The minimum Gasteiger partial charge on any atom is -0.481 e. The van der Waals surface area contributed by atoms with Gasteiger partial charge < -0.3 is 5.11 Å². The summed E-state index contributed by atoms with van der Waals surface area (Å²) >= 11 is 0. The first-order chi connectivity index (χ1) is 8.09. The van der Waals surface area contributed by atoms with Crippen molar-refractivity contribution in [3.8, 4) is 0 Å². The third-order valence-electron chi connectivity index (χ3n) is 3.56. The summed E-state index contributed by atoms with van der Waals surface area (Å²) < 4.78 is 0. The molecule has 2 aromatic rings. The van der Waals surface area contributed by atoms with Crippen LogP contribution in [-0.2, 0) is 10.2 Å². The van der Waals surface area contributed by atoms with Crippen molar-refractivity contribution in [2.45, 2.75) is 25.7 Å². The fourth-order valence-corrected chi connectivity index (χ4v) is 2.16. The van der Waals surface area contributed by atoms with Gasteiger partial charge in [-0.05, 0) is 29.7 Å². The van der Waals surface area contributed by atoms with Gasteiger partial charge in [0, 0.05) is 0 Å². The zero-order chi connectivity index (χ0) is 12.5. The van der Waals surface area contributed by atoms with Crippen LogP contribution in [0.4, 0.5) is 0 Å². The van der Waals surface area contributed by atoms with Gasteiger partial charge in [-0.1, -0.05) is 49.4 Å². The molecule has 0 aliphatic carbocycles. The summed E-state index contributed by atoms with van der Waals surface area (Å²) in [6, 6.07) is 13.8. The lowest BCUT2D eigenvalue weighted by atomic mass is 9.78. The lowest BCUT2D eigenvalue weighted by Gasteiger charge is -2.25. The Balaban J connectivity index is 2.74. The van der Waals surface area contributed by atoms with Crippen molar-refractivity contribution in [2.24, 2.45) is 0 Å². The molecule has 0 heterocycles. The van der Waals surface area contributed by atoms with Crippen molar-refractivity contribution < 1.29 is 9.90 Å². The Morgan fingerprint density at radius 2 is 1.82 bits per heavy atom. The second kappa shape index (κ2) is 4.21. The van der Waals surface area contributed by atoms with Crippen molar-refractivity contribution in [1.82, 2.24) is 0 Å². The highest BCUT2D eigenvalue weighted by atomic mass is 16.4. The molecule has 88 valence electrons. The SMILES string of the molecule is CCC(C)(C(=O)O)c1cccc2ccccc12. The molecule has 2 rings (SSSR count). The number of carbonyl (C=O) groups is 1. The van der Waals surface area contributed by atoms with Gasteiger partial charge in [-0.2, -0.15) is 0 Å². The number of hydrogen-bond acceptors (Lipinski definition) is 1. The molecule has 0 radical (unpaired) electrons. The van der Waals surface area contributed by atoms with Crippen LogP contribution in [0.5, 0.6) is 0 Å². The first-order valence-electron chi connectivity index (χ1n) is 5.81. The molecule has 0 amide bonds. The maximum absolute atomic E-state index is 11.5. The molecule has 1 unspecified atom stereocenters. The average Bonchev–Trinajstić information content (AvgIpc) is 2.37. The summed E-state index contributed by atoms with van der Waals surface area (Å²) in [5, 5.41) is 11.6. The Labute approximate surface area is 101 Å². The Morgan fingerprint density at radius 3 is 2.47 bits per heavy atom. The molecular formula is C15H16O2. The summed E-state index contributed by atoms with van der Waals surface area (Å²) in [7, 11) is 0. The third-order valence-corrected chi connectivity index (χ3v) is 3.56. The van der Waals surface area contributed by atoms with Gasteiger partial charge in [0.15, 0.2) is 0 Å². The molecule has 0 saturated heterocycles. The number of carboxylic acids is 1. The highest BCUT2D eigenvalue weighted by Crippen LogP contribution is 2.33. The van der Waals surface area contributed by atoms with E-state index >= 15 is 0 Å². The van der Waals surface area contributed by atoms with E-state index in [1.165, 1.54) is 0 Å². The van der Waals surface area contributed by atoms with E-state index in [0.717, 1.165) is 16.3 Å². The molecule has 0 aromatic heterocycles. The van der Waals surface area contributed by atoms with Crippen LogP contribution in [-0.4, -0.2) is 11.1 Å². The summed E-state index contributed by atoms with van der Waals surface area (Å²) in [6.07, 6.45) is 0.580. The third kappa shape index (κ3) is 1.80. The highest BCUT2D eigenvalue weighted by molar-refractivity contribution is 5.92. The van der Waals surface area contributed by atoms with E-state index in [1.54, 1.807) is 6.92 Å². The van der Waals surface area contributed by atoms with Crippen molar-refractivity contribution in [3.63, 3.8) is 0 Å². The number of aliphatic carboxylic acids is 1. The van der Waals surface area contributed by atoms with E-state index < -0.39 is 11.4 Å². The van der Waals surface area contributed by atoms with Crippen LogP contribution in [0.25, 0.3) is 10.8 Å². The summed E-state index contributed by atoms with van der Waals surface area (Å²) in [4.78, 5) is 11.5. The number of benzene rings is 2. The van der Waals surface area contributed by atoms with Gasteiger partial charge in [0.2, 0.25) is 0 Å². The molecule has 1 N–H and O–H groups in total. The number of carboxylic acid groups (broad SMARTS) is 1. The summed E-state index contributed by atoms with van der Waals surface area (Å²) in [6.45, 7) is 3.70. The maximum Gasteiger partial charge on any atom is 0.313 e. The summed E-state index contributed by atoms with van der Waals surface area (Å²) in [5.74, 6) is -0.767. The number of rotatable bonds is 3. The van der Waals surface area contributed by atoms with Crippen LogP contribution in [0.15, 0.2) is 42.5 Å². The van der Waals surface area contributed by atoms with Gasteiger partial charge in [0.05, 0.1) is 5.41 Å². The minimum atomic E-state index is -0.819. The lowest BCUT2D eigenvalue weighted by Crippen LogP contribution is -2.31. The quantitative estimate of drug-likeness (QED) is 0.871. The van der Waals surface area contributed by atoms with Crippen molar-refractivity contribution >= 4 is 16.7 Å². The van der Waals surface area contributed by atoms with Crippen LogP contribution in [0.1, 0.15) is 25.8 Å². The fourth-order valence-electron chi connectivity index (χ4n) is 2.16. The maximum atomic E-state index is 11.5. The van der Waals surface area contributed by atoms with Gasteiger partial charge in [-0.25, -0.2) is 0 Å². The Hall–Kier alpha value is -1.83. The number of hydrogen-bond donors (Lipinski definition) is 1. The molecule has 1 atom stereocenters. The van der Waals surface area contributed by atoms with E-state index in [0.29, 0.717) is 6.42 Å². The zero-order valence-electron chi connectivity index (χ0n) is 10.1. The van der Waals surface area contributed by atoms with Crippen LogP contribution < -0.4 is 0 Å². The van der Waals surface area contributed by atoms with E-state index in [1.807, 2.05) is 49.4 Å². The molecule has 0 aliphatic heterocycles. The van der Waals surface area contributed by atoms with Crippen LogP contribution >= 0.6 is 0 Å². The summed E-state index contributed by atoms with van der Waals surface area (Å²) in [5.41, 5.74) is 0.0755. The molecule has 2 heteroatoms. The second-order valence-corrected chi connectivity index (χ2v) is 4.52. The van der Waals surface area contributed by atoms with Gasteiger partial charge in [-0.15, -0.1) is 0 Å². The molecule has 0 fully saturated rings. The molecule has 2 nitrogen and oxygen atoms in total. The van der Waals surface area contributed by atoms with Gasteiger partial charge in [0.1, 0.15) is 0 Å². The smallest absolute Gasteiger partial charge is 0.313 e. The molecular weight excluding hydrogens is 212 g/mol. The second-order valence-electron chi connectivity index (χ2n) is 4.52. The van der Waals surface area contributed by atoms with Crippen LogP contribution in [0.3, 0.4) is 0 Å². The molecule has 17 heavy (non-hydrogen) atoms. The first kappa shape index (κ1) is 11.6. The molecule has 2 aromatic carbocycles. The van der Waals surface area contributed by atoms with Crippen LogP contribution in [0, 0.1) is 0 Å². The Morgan fingerprint density at radius 1 is 1.18 bits per heavy atom. The molecule has 0 aliphatic rings. The molecule has 0 bridgehead atoms. The lowest BCUT2D eigenvalue weighted by molar-refractivity contribution is -0.143. The normalized spacial score (nSPS) is 14.5. The van der Waals surface area contributed by atoms with Gasteiger partial charge in [0.25, 0.3) is 0 Å². The minimum absolute atomic E-state index is 0.580. The molecule has 0 spiro atoms. The fraction of sp³-hybridized carbons (Fsp3) is 0.267. The standard InChI is InChI=1S/C15H16O2/c1-3-15(2,14(16)17)13-10-6-8-11-7-4-5-9-12(11)13/h4-10H,3H2,1-2H3,(H,16,17). The predicted octanol–water partition coefficient (Wildman–Crippen LogP) is 3.59. The monoisotopic (exact) mass is 228 g/mol. The first-order valence-corrected chi connectivity index (χ1v) is 5.81. The highest BCUT2D eigenvalue weighted by Gasteiger charge is 2.34.